The minimum Gasteiger partial charge on any atom is -0.390 e. The smallest absolute Gasteiger partial charge is 0.230 e. The number of aliphatic hydroxyl groups excluding tert-OH is 3. The molecule has 12 aromatic rings. The van der Waals surface area contributed by atoms with Crippen LogP contribution in [0.2, 0.25) is 40.2 Å². The Kier molecular flexibility index (Phi) is 25.3. The molecule has 16 heterocycles. The second-order valence-corrected chi connectivity index (χ2v) is 37.1. The first-order chi connectivity index (χ1) is 60.1. The number of nitrogen functional groups attached to an aromatic ring is 2. The predicted molar refractivity (Wildman–Crippen MR) is 485 cm³/mol. The standard InChI is InChI=1S/C22H26Cl2N6O2.C21H25Cl2N7O2.C21H24Cl2N6O2.C20H23Cl2N7O/c1-12-17(14-4-3-5-15(23)18(14)24)20-28-27-16(10-31)30(20)21(26-12)29-8-6-22(7-9-29)11-32-13(2)19(22)25;1-11-17(24)21(10-32-11)5-7-29(8-6-21)20-26-18(25)15(12-3-2-4-13(22)16(12)23)19-28-27-14(9-31)30(19)20;1-12-18(24)21(10-31-12)5-7-28(8-6-21)20-27-15(9-30)16(19-25-11-26-29(19)20)13-3-2-4-14(22)17(13)23;1-11-16(23)20(9-30-11)5-7-28(8-6-20)19-27-17(24)14(18-25-10-26-29(18)19)12-3-2-4-13(21)15(12)22/h3-5,13,19,31H,6-11,25H2,1-2H3;2-4,11,17,31H,5-10,24-25H2,1H3;2-4,11-12,18,30H,5-10,24H2,1H3;2-4,10-11,16H,5-9,23-24H2,1H3. The van der Waals surface area contributed by atoms with Crippen molar-refractivity contribution < 1.29 is 34.3 Å². The minimum absolute atomic E-state index is 0.00528. The summed E-state index contributed by atoms with van der Waals surface area (Å²) in [4.78, 5) is 36.7. The molecule has 8 saturated heterocycles. The van der Waals surface area contributed by atoms with Crippen LogP contribution >= 0.6 is 92.8 Å². The largest absolute Gasteiger partial charge is 0.390 e. The summed E-state index contributed by atoms with van der Waals surface area (Å²) in [5.74, 6) is 4.01. The zero-order valence-electron chi connectivity index (χ0n) is 69.4. The molecule has 33 nitrogen and oxygen atoms in total. The third-order valence-electron chi connectivity index (χ3n) is 27.2. The fourth-order valence-electron chi connectivity index (χ4n) is 19.5. The van der Waals surface area contributed by atoms with Gasteiger partial charge in [0.25, 0.3) is 0 Å². The number of piperidine rings is 4. The van der Waals surface area contributed by atoms with Crippen molar-refractivity contribution >= 4 is 151 Å². The molecule has 0 saturated carbocycles. The van der Waals surface area contributed by atoms with Gasteiger partial charge in [-0.15, -0.1) is 20.4 Å². The number of aromatic nitrogens is 16. The van der Waals surface area contributed by atoms with Crippen molar-refractivity contribution in [1.29, 1.82) is 0 Å². The maximum absolute atomic E-state index is 10.1. The van der Waals surface area contributed by atoms with E-state index in [4.69, 9.17) is 166 Å². The Labute approximate surface area is 760 Å². The monoisotopic (exact) mass is 1860 g/mol. The number of rotatable bonds is 11. The number of aliphatic hydroxyl groups is 3. The van der Waals surface area contributed by atoms with Crippen molar-refractivity contribution in [2.75, 3.05) is 110 Å². The summed E-state index contributed by atoms with van der Waals surface area (Å²) in [5, 5.41) is 59.3. The second-order valence-electron chi connectivity index (χ2n) is 33.9. The van der Waals surface area contributed by atoms with E-state index in [9.17, 15) is 15.3 Å². The third-order valence-corrected chi connectivity index (χ3v) is 30.5. The fourth-order valence-corrected chi connectivity index (χ4v) is 21.0. The molecular weight excluding hydrogens is 1770 g/mol. The molecule has 8 unspecified atom stereocenters. The average Bonchev–Trinajstić information content (AvgIpc) is 1.67. The highest BCUT2D eigenvalue weighted by Crippen LogP contribution is 2.50. The van der Waals surface area contributed by atoms with Crippen LogP contribution in [0.15, 0.2) is 85.5 Å². The maximum Gasteiger partial charge on any atom is 0.230 e. The van der Waals surface area contributed by atoms with Gasteiger partial charge in [-0.3, -0.25) is 0 Å². The zero-order valence-corrected chi connectivity index (χ0v) is 75.4. The Morgan fingerprint density at radius 1 is 0.376 bits per heavy atom. The van der Waals surface area contributed by atoms with Crippen molar-refractivity contribution in [3.8, 4) is 44.5 Å². The van der Waals surface area contributed by atoms with Crippen molar-refractivity contribution in [1.82, 2.24) is 78.3 Å². The highest BCUT2D eigenvalue weighted by atomic mass is 35.5. The second kappa shape index (κ2) is 35.7. The molecule has 8 aliphatic heterocycles. The van der Waals surface area contributed by atoms with E-state index in [1.807, 2.05) is 81.5 Å². The number of nitrogens with zero attached hydrogens (tertiary/aromatic N) is 20. The summed E-state index contributed by atoms with van der Waals surface area (Å²) in [6.07, 6.45) is 10.5. The first-order valence-electron chi connectivity index (χ1n) is 41.7. The van der Waals surface area contributed by atoms with Gasteiger partial charge in [0.1, 0.15) is 37.5 Å². The fraction of sp³-hybridized carbons (Fsp3) is 0.476. The highest BCUT2D eigenvalue weighted by molar-refractivity contribution is 6.46. The topological polar surface area (TPSA) is 439 Å². The lowest BCUT2D eigenvalue weighted by molar-refractivity contribution is 0.0972. The van der Waals surface area contributed by atoms with Crippen molar-refractivity contribution in [3.05, 3.63) is 149 Å². The lowest BCUT2D eigenvalue weighted by Crippen LogP contribution is -2.51. The van der Waals surface area contributed by atoms with Crippen LogP contribution in [0.3, 0.4) is 0 Å². The van der Waals surface area contributed by atoms with Gasteiger partial charge < -0.3 is 88.3 Å². The van der Waals surface area contributed by atoms with Crippen LogP contribution in [0.1, 0.15) is 102 Å². The SMILES string of the molecule is CC1OCC2(CCN(c3nc(CO)c(-c4cccc(Cl)c4Cl)c4ncnn34)CC2)C1N.CC1OCC2(CCN(c3nc(N)c(-c4cccc(Cl)c4Cl)c4ncnn34)CC2)C1N.CC1OCC2(CCN(c3nc(N)c(-c4cccc(Cl)c4Cl)c4nnc(CO)n34)CC2)C1N.Cc1nc(N2CCC3(CC2)COC(C)C3N)n2c(CO)nnc2c1-c1cccc(Cl)c1Cl. The molecule has 662 valence electrons. The van der Waals surface area contributed by atoms with E-state index in [0.717, 1.165) is 121 Å². The molecule has 8 aliphatic rings. The van der Waals surface area contributed by atoms with Gasteiger partial charge in [0.15, 0.2) is 34.2 Å². The van der Waals surface area contributed by atoms with Crippen LogP contribution in [-0.4, -0.2) is 221 Å². The van der Waals surface area contributed by atoms with Crippen LogP contribution in [-0.2, 0) is 38.8 Å². The molecule has 8 fully saturated rings. The molecule has 8 atom stereocenters. The summed E-state index contributed by atoms with van der Waals surface area (Å²) >= 11 is 50.9. The number of nitrogens with two attached hydrogens (primary N) is 6. The number of ether oxygens (including phenoxy) is 4. The van der Waals surface area contributed by atoms with Gasteiger partial charge in [-0.25, -0.2) is 28.7 Å². The van der Waals surface area contributed by atoms with Gasteiger partial charge in [-0.2, -0.15) is 29.2 Å². The molecule has 15 N–H and O–H groups in total. The maximum atomic E-state index is 10.1. The number of halogens is 8. The van der Waals surface area contributed by atoms with Gasteiger partial charge in [0.2, 0.25) is 23.8 Å². The van der Waals surface area contributed by atoms with Crippen molar-refractivity contribution in [3.63, 3.8) is 0 Å². The van der Waals surface area contributed by atoms with Gasteiger partial charge in [-0.1, -0.05) is 141 Å². The molecule has 125 heavy (non-hydrogen) atoms. The molecule has 0 bridgehead atoms. The summed E-state index contributed by atoms with van der Waals surface area (Å²) < 4.78 is 30.4. The minimum atomic E-state index is -0.295. The molecule has 20 rings (SSSR count). The van der Waals surface area contributed by atoms with E-state index in [1.165, 1.54) is 12.7 Å². The molecule has 8 aromatic heterocycles. The van der Waals surface area contributed by atoms with Crippen LogP contribution in [0.5, 0.6) is 0 Å². The van der Waals surface area contributed by atoms with Gasteiger partial charge in [0, 0.05) is 126 Å². The summed E-state index contributed by atoms with van der Waals surface area (Å²) in [6, 6.07) is 21.7. The average molecular weight is 1870 g/mol. The third kappa shape index (κ3) is 15.8. The Morgan fingerprint density at radius 2 is 0.672 bits per heavy atom. The Bertz CT molecular complexity index is 5850. The normalized spacial score (nSPS) is 23.1. The van der Waals surface area contributed by atoms with E-state index in [0.29, 0.717) is 170 Å². The van der Waals surface area contributed by atoms with Crippen LogP contribution in [0, 0.1) is 28.6 Å². The van der Waals surface area contributed by atoms with Crippen LogP contribution in [0.4, 0.5) is 35.4 Å². The lowest BCUT2D eigenvalue weighted by atomic mass is 9.73. The van der Waals surface area contributed by atoms with Gasteiger partial charge in [0.05, 0.1) is 126 Å². The van der Waals surface area contributed by atoms with E-state index in [2.05, 4.69) is 60.2 Å². The quantitative estimate of drug-likeness (QED) is 0.0581. The molecule has 0 radical (unpaired) electrons. The number of benzene rings is 4. The number of fused-ring (bicyclic) bond motifs is 4. The molecule has 41 heteroatoms. The predicted octanol–water partition coefficient (Wildman–Crippen LogP) is 11.7. The molecule has 0 aliphatic carbocycles. The summed E-state index contributed by atoms with van der Waals surface area (Å²) in [5.41, 5.74) is 47.4. The molecular formula is C84H98Cl8N26O7. The highest BCUT2D eigenvalue weighted by Gasteiger charge is 2.52. The van der Waals surface area contributed by atoms with E-state index in [1.54, 1.807) is 43.8 Å². The number of hydrogen-bond donors (Lipinski definition) is 9. The first-order valence-corrected chi connectivity index (χ1v) is 44.7. The first kappa shape index (κ1) is 88.8. The van der Waals surface area contributed by atoms with E-state index >= 15 is 0 Å². The number of anilines is 6. The number of hydrogen-bond acceptors (Lipinski definition) is 29. The van der Waals surface area contributed by atoms with Gasteiger partial charge >= 0.3 is 0 Å². The molecule has 4 aromatic carbocycles. The molecule has 4 spiro atoms. The van der Waals surface area contributed by atoms with Crippen molar-refractivity contribution in [2.45, 2.75) is 154 Å². The summed E-state index contributed by atoms with van der Waals surface area (Å²) in [7, 11) is 0. The van der Waals surface area contributed by atoms with E-state index in [-0.39, 0.29) is 95.9 Å². The zero-order chi connectivity index (χ0) is 88.0. The Hall–Kier alpha value is -8.24. The van der Waals surface area contributed by atoms with Gasteiger partial charge in [-0.05, 0) is 110 Å². The van der Waals surface area contributed by atoms with Crippen molar-refractivity contribution in [2.24, 2.45) is 44.6 Å². The lowest BCUT2D eigenvalue weighted by Gasteiger charge is -2.41. The number of aryl methyl sites for hydroxylation is 1. The summed E-state index contributed by atoms with van der Waals surface area (Å²) in [6.45, 7) is 18.2. The Balaban J connectivity index is 0.000000118. The van der Waals surface area contributed by atoms with Crippen LogP contribution in [0.25, 0.3) is 67.1 Å². The van der Waals surface area contributed by atoms with E-state index < -0.39 is 0 Å². The molecule has 0 amide bonds. The van der Waals surface area contributed by atoms with Crippen LogP contribution < -0.4 is 54.0 Å². The Morgan fingerprint density at radius 3 is 1.01 bits per heavy atom.